The molecule has 0 spiro atoms. The van der Waals surface area contributed by atoms with E-state index in [4.69, 9.17) is 4.42 Å². The summed E-state index contributed by atoms with van der Waals surface area (Å²) < 4.78 is 6.20. The molecule has 2 nitrogen and oxygen atoms in total. The Kier molecular flexibility index (Phi) is 2.71. The molecule has 3 heteroatoms. The standard InChI is InChI=1S/C11H16BrNO/c1-11(2)5-8(11)6-13-7-9-3-4-10(12)14-9/h3-4,8,13H,5-7H2,1-2H3. The largest absolute Gasteiger partial charge is 0.453 e. The lowest BCUT2D eigenvalue weighted by atomic mass is 10.1. The molecule has 78 valence electrons. The van der Waals surface area contributed by atoms with Gasteiger partial charge in [0.15, 0.2) is 4.67 Å². The maximum absolute atomic E-state index is 5.39. The van der Waals surface area contributed by atoms with Crippen molar-refractivity contribution in [3.05, 3.63) is 22.6 Å². The lowest BCUT2D eigenvalue weighted by Gasteiger charge is -2.04. The Morgan fingerprint density at radius 2 is 2.29 bits per heavy atom. The van der Waals surface area contributed by atoms with Crippen LogP contribution in [0.5, 0.6) is 0 Å². The zero-order valence-corrected chi connectivity index (χ0v) is 10.2. The highest BCUT2D eigenvalue weighted by molar-refractivity contribution is 9.10. The van der Waals surface area contributed by atoms with Crippen molar-refractivity contribution in [1.82, 2.24) is 5.32 Å². The lowest BCUT2D eigenvalue weighted by Crippen LogP contribution is -2.17. The normalized spacial score (nSPS) is 23.8. The van der Waals surface area contributed by atoms with Crippen LogP contribution in [0.1, 0.15) is 26.0 Å². The monoisotopic (exact) mass is 257 g/mol. The van der Waals surface area contributed by atoms with Gasteiger partial charge in [0.05, 0.1) is 6.54 Å². The second kappa shape index (κ2) is 3.70. The van der Waals surface area contributed by atoms with Crippen LogP contribution in [0, 0.1) is 11.3 Å². The average Bonchev–Trinajstić information content (AvgIpc) is 2.53. The molecule has 1 aliphatic carbocycles. The van der Waals surface area contributed by atoms with Crippen LogP contribution in [-0.4, -0.2) is 6.54 Å². The first kappa shape index (κ1) is 10.2. The lowest BCUT2D eigenvalue weighted by molar-refractivity contribution is 0.450. The summed E-state index contributed by atoms with van der Waals surface area (Å²) in [4.78, 5) is 0. The van der Waals surface area contributed by atoms with Crippen molar-refractivity contribution in [1.29, 1.82) is 0 Å². The van der Waals surface area contributed by atoms with Crippen LogP contribution >= 0.6 is 15.9 Å². The highest BCUT2D eigenvalue weighted by atomic mass is 79.9. The summed E-state index contributed by atoms with van der Waals surface area (Å²) in [6, 6.07) is 3.92. The van der Waals surface area contributed by atoms with Crippen molar-refractivity contribution in [3.63, 3.8) is 0 Å². The minimum absolute atomic E-state index is 0.566. The van der Waals surface area contributed by atoms with Crippen LogP contribution in [0.2, 0.25) is 0 Å². The number of rotatable bonds is 4. The molecule has 0 bridgehead atoms. The third-order valence-electron chi connectivity index (χ3n) is 3.04. The molecule has 14 heavy (non-hydrogen) atoms. The van der Waals surface area contributed by atoms with Crippen molar-refractivity contribution in [2.45, 2.75) is 26.8 Å². The molecule has 0 radical (unpaired) electrons. The molecule has 1 aromatic rings. The molecule has 2 rings (SSSR count). The summed E-state index contributed by atoms with van der Waals surface area (Å²) in [5.41, 5.74) is 0.566. The Balaban J connectivity index is 1.69. The first-order chi connectivity index (χ1) is 6.58. The van der Waals surface area contributed by atoms with E-state index in [1.54, 1.807) is 0 Å². The van der Waals surface area contributed by atoms with Gasteiger partial charge in [0.25, 0.3) is 0 Å². The highest BCUT2D eigenvalue weighted by Crippen LogP contribution is 2.50. The van der Waals surface area contributed by atoms with Crippen molar-refractivity contribution in [2.75, 3.05) is 6.54 Å². The fourth-order valence-electron chi connectivity index (χ4n) is 1.74. The molecule has 0 amide bonds. The van der Waals surface area contributed by atoms with Gasteiger partial charge in [0.1, 0.15) is 5.76 Å². The zero-order chi connectivity index (χ0) is 10.2. The van der Waals surface area contributed by atoms with E-state index in [0.717, 1.165) is 29.4 Å². The molecule has 1 aliphatic rings. The summed E-state index contributed by atoms with van der Waals surface area (Å²) in [6.07, 6.45) is 1.35. The summed E-state index contributed by atoms with van der Waals surface area (Å²) in [5.74, 6) is 1.84. The molecular weight excluding hydrogens is 242 g/mol. The van der Waals surface area contributed by atoms with Crippen molar-refractivity contribution in [3.8, 4) is 0 Å². The quantitative estimate of drug-likeness (QED) is 0.897. The fraction of sp³-hybridized carbons (Fsp3) is 0.636. The van der Waals surface area contributed by atoms with E-state index in [1.807, 2.05) is 12.1 Å². The first-order valence-electron chi connectivity index (χ1n) is 5.03. The third kappa shape index (κ3) is 2.39. The van der Waals surface area contributed by atoms with Gasteiger partial charge in [-0.05, 0) is 52.4 Å². The van der Waals surface area contributed by atoms with E-state index in [9.17, 15) is 0 Å². The average molecular weight is 258 g/mol. The Hall–Kier alpha value is -0.280. The van der Waals surface area contributed by atoms with Gasteiger partial charge in [-0.15, -0.1) is 0 Å². The molecule has 0 aliphatic heterocycles. The van der Waals surface area contributed by atoms with Crippen LogP contribution in [0.4, 0.5) is 0 Å². The van der Waals surface area contributed by atoms with Gasteiger partial charge in [-0.25, -0.2) is 0 Å². The van der Waals surface area contributed by atoms with Crippen LogP contribution in [-0.2, 0) is 6.54 Å². The summed E-state index contributed by atoms with van der Waals surface area (Å²) in [5, 5.41) is 3.42. The predicted molar refractivity (Wildman–Crippen MR) is 60.0 cm³/mol. The van der Waals surface area contributed by atoms with Gasteiger partial charge in [-0.2, -0.15) is 0 Å². The highest BCUT2D eigenvalue weighted by Gasteiger charge is 2.44. The number of furan rings is 1. The number of hydrogen-bond donors (Lipinski definition) is 1. The minimum atomic E-state index is 0.566. The molecule has 0 saturated heterocycles. The zero-order valence-electron chi connectivity index (χ0n) is 8.64. The van der Waals surface area contributed by atoms with E-state index in [2.05, 4.69) is 35.1 Å². The molecule has 1 aromatic heterocycles. The second-order valence-corrected chi connectivity index (χ2v) is 5.51. The maximum atomic E-state index is 5.39. The Labute approximate surface area is 93.2 Å². The van der Waals surface area contributed by atoms with Crippen LogP contribution in [0.25, 0.3) is 0 Å². The second-order valence-electron chi connectivity index (χ2n) is 4.73. The van der Waals surface area contributed by atoms with E-state index >= 15 is 0 Å². The van der Waals surface area contributed by atoms with Gasteiger partial charge in [-0.1, -0.05) is 13.8 Å². The topological polar surface area (TPSA) is 25.2 Å². The maximum Gasteiger partial charge on any atom is 0.169 e. The van der Waals surface area contributed by atoms with Gasteiger partial charge < -0.3 is 9.73 Å². The number of nitrogens with one attached hydrogen (secondary N) is 1. The molecule has 1 N–H and O–H groups in total. The van der Waals surface area contributed by atoms with Gasteiger partial charge in [0.2, 0.25) is 0 Å². The molecule has 1 unspecified atom stereocenters. The molecule has 1 saturated carbocycles. The van der Waals surface area contributed by atoms with E-state index in [-0.39, 0.29) is 0 Å². The Morgan fingerprint density at radius 3 is 2.79 bits per heavy atom. The van der Waals surface area contributed by atoms with E-state index < -0.39 is 0 Å². The van der Waals surface area contributed by atoms with Crippen LogP contribution in [0.3, 0.4) is 0 Å². The first-order valence-corrected chi connectivity index (χ1v) is 5.82. The Morgan fingerprint density at radius 1 is 1.57 bits per heavy atom. The minimum Gasteiger partial charge on any atom is -0.453 e. The van der Waals surface area contributed by atoms with Crippen molar-refractivity contribution >= 4 is 15.9 Å². The van der Waals surface area contributed by atoms with Crippen molar-refractivity contribution < 1.29 is 4.42 Å². The van der Waals surface area contributed by atoms with Crippen molar-refractivity contribution in [2.24, 2.45) is 11.3 Å². The molecule has 1 heterocycles. The number of hydrogen-bond acceptors (Lipinski definition) is 2. The third-order valence-corrected chi connectivity index (χ3v) is 3.46. The fourth-order valence-corrected chi connectivity index (χ4v) is 2.08. The smallest absolute Gasteiger partial charge is 0.169 e. The summed E-state index contributed by atoms with van der Waals surface area (Å²) in [7, 11) is 0. The SMILES string of the molecule is CC1(C)CC1CNCc1ccc(Br)o1. The molecule has 1 fully saturated rings. The Bertz CT molecular complexity index is 319. The van der Waals surface area contributed by atoms with Gasteiger partial charge >= 0.3 is 0 Å². The van der Waals surface area contributed by atoms with Crippen LogP contribution < -0.4 is 5.32 Å². The molecular formula is C11H16BrNO. The number of halogens is 1. The molecule has 1 atom stereocenters. The van der Waals surface area contributed by atoms with E-state index in [0.29, 0.717) is 5.41 Å². The van der Waals surface area contributed by atoms with Gasteiger partial charge in [-0.3, -0.25) is 0 Å². The van der Waals surface area contributed by atoms with E-state index in [1.165, 1.54) is 6.42 Å². The molecule has 0 aromatic carbocycles. The van der Waals surface area contributed by atoms with Gasteiger partial charge in [0, 0.05) is 0 Å². The summed E-state index contributed by atoms with van der Waals surface area (Å²) in [6.45, 7) is 6.58. The summed E-state index contributed by atoms with van der Waals surface area (Å²) >= 11 is 3.29. The van der Waals surface area contributed by atoms with Crippen LogP contribution in [0.15, 0.2) is 21.2 Å². The predicted octanol–water partition coefficient (Wildman–Crippen LogP) is 3.18.